The number of halogens is 1. The number of aryl methyl sites for hydroxylation is 2. The zero-order valence-electron chi connectivity index (χ0n) is 10.4. The van der Waals surface area contributed by atoms with Gasteiger partial charge in [-0.1, -0.05) is 3.89 Å². The maximum absolute atomic E-state index is 12.4. The number of aliphatic carboxylic acids is 1. The van der Waals surface area contributed by atoms with E-state index in [-0.39, 0.29) is 12.2 Å². The highest BCUT2D eigenvalue weighted by Crippen LogP contribution is 2.24. The summed E-state index contributed by atoms with van der Waals surface area (Å²) in [5.41, 5.74) is 7.26. The minimum absolute atomic E-state index is 0.0929. The molecule has 0 amide bonds. The summed E-state index contributed by atoms with van der Waals surface area (Å²) < 4.78 is 37.3. The van der Waals surface area contributed by atoms with Crippen LogP contribution in [0.2, 0.25) is 0 Å². The highest BCUT2D eigenvalue weighted by molar-refractivity contribution is 7.81. The van der Waals surface area contributed by atoms with Gasteiger partial charge in [0.1, 0.15) is 11.8 Å². The molecule has 0 aliphatic carbocycles. The van der Waals surface area contributed by atoms with Crippen molar-refractivity contribution in [1.29, 1.82) is 0 Å². The van der Waals surface area contributed by atoms with Gasteiger partial charge >= 0.3 is 16.5 Å². The van der Waals surface area contributed by atoms with Crippen LogP contribution in [0.3, 0.4) is 0 Å². The summed E-state index contributed by atoms with van der Waals surface area (Å²) in [5.74, 6) is -1.30. The van der Waals surface area contributed by atoms with Crippen LogP contribution in [0, 0.1) is 13.8 Å². The van der Waals surface area contributed by atoms with Crippen LogP contribution in [0.25, 0.3) is 0 Å². The topological polar surface area (TPSA) is 107 Å². The van der Waals surface area contributed by atoms with Gasteiger partial charge in [0, 0.05) is 0 Å². The molecule has 0 heterocycles. The lowest BCUT2D eigenvalue weighted by Crippen LogP contribution is -2.32. The average molecular weight is 291 g/mol. The van der Waals surface area contributed by atoms with Gasteiger partial charge < -0.3 is 15.0 Å². The predicted octanol–water partition coefficient (Wildman–Crippen LogP) is 0.851. The highest BCUT2D eigenvalue weighted by Gasteiger charge is 2.17. The van der Waals surface area contributed by atoms with Crippen molar-refractivity contribution in [3.63, 3.8) is 0 Å². The Balaban J connectivity index is 3.07. The van der Waals surface area contributed by atoms with Crippen LogP contribution in [0.5, 0.6) is 5.75 Å². The quantitative estimate of drug-likeness (QED) is 0.779. The fourth-order valence-electron chi connectivity index (χ4n) is 1.75. The molecule has 0 aromatic heterocycles. The Morgan fingerprint density at radius 3 is 2.26 bits per heavy atom. The molecule has 0 aliphatic heterocycles. The number of carboxylic acids is 1. The van der Waals surface area contributed by atoms with Gasteiger partial charge in [-0.25, -0.2) is 0 Å². The van der Waals surface area contributed by atoms with Crippen molar-refractivity contribution in [3.05, 3.63) is 28.8 Å². The molecule has 1 aromatic rings. The standard InChI is InChI=1S/C11H14FNO5S/c1-6-3-8(18-19(12,16)17)4-7(2)9(6)5-10(13)11(14)15/h3-4,10H,5,13H2,1-2H3,(H,14,15). The Labute approximate surface area is 110 Å². The first kappa shape index (κ1) is 15.4. The molecule has 0 spiro atoms. The molecule has 3 N–H and O–H groups in total. The van der Waals surface area contributed by atoms with Gasteiger partial charge in [0.15, 0.2) is 0 Å². The Hall–Kier alpha value is -1.67. The normalized spacial score (nSPS) is 13.1. The predicted molar refractivity (Wildman–Crippen MR) is 65.9 cm³/mol. The molecule has 19 heavy (non-hydrogen) atoms. The minimum Gasteiger partial charge on any atom is -0.480 e. The first-order valence-corrected chi connectivity index (χ1v) is 6.63. The second-order valence-electron chi connectivity index (χ2n) is 4.16. The Morgan fingerprint density at radius 1 is 1.42 bits per heavy atom. The smallest absolute Gasteiger partial charge is 0.480 e. The molecule has 0 saturated heterocycles. The van der Waals surface area contributed by atoms with Crippen LogP contribution in [0.15, 0.2) is 12.1 Å². The molecular formula is C11H14FNO5S. The van der Waals surface area contributed by atoms with E-state index in [4.69, 9.17) is 10.8 Å². The number of hydrogen-bond donors (Lipinski definition) is 2. The van der Waals surface area contributed by atoms with Crippen LogP contribution in [0.1, 0.15) is 16.7 Å². The lowest BCUT2D eigenvalue weighted by atomic mass is 9.96. The van der Waals surface area contributed by atoms with Gasteiger partial charge in [0.2, 0.25) is 0 Å². The number of nitrogens with two attached hydrogens (primary N) is 1. The monoisotopic (exact) mass is 291 g/mol. The van der Waals surface area contributed by atoms with Crippen LogP contribution < -0.4 is 9.92 Å². The van der Waals surface area contributed by atoms with E-state index in [2.05, 4.69) is 4.18 Å². The highest BCUT2D eigenvalue weighted by atomic mass is 32.3. The molecule has 0 fully saturated rings. The van der Waals surface area contributed by atoms with E-state index in [9.17, 15) is 17.1 Å². The molecule has 0 saturated carbocycles. The summed E-state index contributed by atoms with van der Waals surface area (Å²) in [5, 5.41) is 8.75. The van der Waals surface area contributed by atoms with Crippen molar-refractivity contribution >= 4 is 16.5 Å². The number of carbonyl (C=O) groups is 1. The summed E-state index contributed by atoms with van der Waals surface area (Å²) in [6.45, 7) is 3.27. The van der Waals surface area contributed by atoms with Crippen molar-refractivity contribution in [2.24, 2.45) is 5.73 Å². The van der Waals surface area contributed by atoms with Crippen molar-refractivity contribution in [3.8, 4) is 5.75 Å². The number of rotatable bonds is 5. The fourth-order valence-corrected chi connectivity index (χ4v) is 2.07. The summed E-state index contributed by atoms with van der Waals surface area (Å²) in [6, 6.07) is 1.57. The maximum atomic E-state index is 12.4. The molecule has 0 radical (unpaired) electrons. The molecule has 0 bridgehead atoms. The molecule has 106 valence electrons. The third-order valence-electron chi connectivity index (χ3n) is 2.61. The lowest BCUT2D eigenvalue weighted by molar-refractivity contribution is -0.138. The zero-order valence-corrected chi connectivity index (χ0v) is 11.2. The molecule has 0 aliphatic rings. The van der Waals surface area contributed by atoms with E-state index in [1.807, 2.05) is 0 Å². The van der Waals surface area contributed by atoms with Crippen molar-refractivity contribution in [2.75, 3.05) is 0 Å². The van der Waals surface area contributed by atoms with E-state index >= 15 is 0 Å². The summed E-state index contributed by atoms with van der Waals surface area (Å²) in [6.07, 6.45) is 0.0929. The van der Waals surface area contributed by atoms with E-state index < -0.39 is 22.5 Å². The molecule has 1 aromatic carbocycles. The van der Waals surface area contributed by atoms with Crippen molar-refractivity contribution < 1.29 is 26.4 Å². The molecular weight excluding hydrogens is 277 g/mol. The fraction of sp³-hybridized carbons (Fsp3) is 0.364. The Bertz CT molecular complexity index is 576. The first-order chi connectivity index (χ1) is 8.60. The molecule has 6 nitrogen and oxygen atoms in total. The van der Waals surface area contributed by atoms with Crippen LogP contribution >= 0.6 is 0 Å². The molecule has 1 atom stereocenters. The second kappa shape index (κ2) is 5.54. The molecule has 8 heteroatoms. The zero-order chi connectivity index (χ0) is 14.8. The van der Waals surface area contributed by atoms with Crippen LogP contribution in [-0.4, -0.2) is 25.5 Å². The van der Waals surface area contributed by atoms with Gasteiger partial charge in [0.25, 0.3) is 0 Å². The van der Waals surface area contributed by atoms with E-state index in [1.54, 1.807) is 13.8 Å². The summed E-state index contributed by atoms with van der Waals surface area (Å²) in [7, 11) is -5.08. The van der Waals surface area contributed by atoms with E-state index in [1.165, 1.54) is 12.1 Å². The number of carboxylic acid groups (broad SMARTS) is 1. The molecule has 1 rings (SSSR count). The van der Waals surface area contributed by atoms with Gasteiger partial charge in [-0.05, 0) is 49.1 Å². The SMILES string of the molecule is Cc1cc(OS(=O)(=O)F)cc(C)c1CC(N)C(=O)O. The third kappa shape index (κ3) is 4.49. The Morgan fingerprint density at radius 2 is 1.89 bits per heavy atom. The van der Waals surface area contributed by atoms with Gasteiger partial charge in [-0.3, -0.25) is 4.79 Å². The van der Waals surface area contributed by atoms with Crippen LogP contribution in [-0.2, 0) is 21.7 Å². The van der Waals surface area contributed by atoms with Gasteiger partial charge in [0.05, 0.1) is 0 Å². The summed E-state index contributed by atoms with van der Waals surface area (Å²) >= 11 is 0. The first-order valence-electron chi connectivity index (χ1n) is 5.32. The van der Waals surface area contributed by atoms with E-state index in [0.29, 0.717) is 16.7 Å². The largest absolute Gasteiger partial charge is 0.488 e. The number of benzene rings is 1. The van der Waals surface area contributed by atoms with Crippen molar-refractivity contribution in [1.82, 2.24) is 0 Å². The van der Waals surface area contributed by atoms with Crippen LogP contribution in [0.4, 0.5) is 3.89 Å². The van der Waals surface area contributed by atoms with Gasteiger partial charge in [-0.15, -0.1) is 0 Å². The number of hydrogen-bond acceptors (Lipinski definition) is 5. The average Bonchev–Trinajstić information content (AvgIpc) is 2.20. The van der Waals surface area contributed by atoms with E-state index in [0.717, 1.165) is 0 Å². The van der Waals surface area contributed by atoms with Crippen molar-refractivity contribution in [2.45, 2.75) is 26.3 Å². The minimum atomic E-state index is -5.08. The second-order valence-corrected chi connectivity index (χ2v) is 5.11. The third-order valence-corrected chi connectivity index (χ3v) is 3.00. The lowest BCUT2D eigenvalue weighted by Gasteiger charge is -2.14. The Kier molecular flexibility index (Phi) is 4.48. The molecule has 1 unspecified atom stereocenters. The maximum Gasteiger partial charge on any atom is 0.488 e. The van der Waals surface area contributed by atoms with Gasteiger partial charge in [-0.2, -0.15) is 8.42 Å². The summed E-state index contributed by atoms with van der Waals surface area (Å²) in [4.78, 5) is 10.7.